The Morgan fingerprint density at radius 3 is 2.68 bits per heavy atom. The van der Waals surface area contributed by atoms with E-state index in [0.717, 1.165) is 16.8 Å². The second kappa shape index (κ2) is 4.10. The second-order valence-corrected chi connectivity index (χ2v) is 5.85. The van der Waals surface area contributed by atoms with Gasteiger partial charge in [-0.25, -0.2) is 0 Å². The molecule has 0 bridgehead atoms. The Morgan fingerprint density at radius 1 is 0.909 bits per heavy atom. The van der Waals surface area contributed by atoms with Crippen LogP contribution < -0.4 is 0 Å². The van der Waals surface area contributed by atoms with Crippen LogP contribution in [0.5, 0.6) is 0 Å². The number of fused-ring (bicyclic) bond motifs is 7. The highest BCUT2D eigenvalue weighted by molar-refractivity contribution is 5.99. The number of hydrogen-bond donors (Lipinski definition) is 0. The van der Waals surface area contributed by atoms with Crippen molar-refractivity contribution >= 4 is 5.91 Å². The molecule has 0 saturated carbocycles. The number of hydrogen-bond acceptors (Lipinski definition) is 1. The fourth-order valence-electron chi connectivity index (χ4n) is 3.75. The Labute approximate surface area is 128 Å². The van der Waals surface area contributed by atoms with Crippen LogP contribution in [0.4, 0.5) is 0 Å². The molecule has 5 rings (SSSR count). The van der Waals surface area contributed by atoms with Crippen LogP contribution in [0, 0.1) is 0 Å². The van der Waals surface area contributed by atoms with E-state index in [4.69, 9.17) is 0 Å². The Hall–Kier alpha value is -2.81. The molecule has 3 heteroatoms. The highest BCUT2D eigenvalue weighted by Gasteiger charge is 2.40. The molecule has 2 aromatic carbocycles. The van der Waals surface area contributed by atoms with E-state index in [1.54, 1.807) is 0 Å². The summed E-state index contributed by atoms with van der Waals surface area (Å²) in [5.41, 5.74) is 5.45. The van der Waals surface area contributed by atoms with E-state index < -0.39 is 0 Å². The van der Waals surface area contributed by atoms with E-state index in [2.05, 4.69) is 47.2 Å². The number of aromatic nitrogens is 1. The van der Waals surface area contributed by atoms with Gasteiger partial charge in [-0.3, -0.25) is 4.79 Å². The maximum atomic E-state index is 12.8. The van der Waals surface area contributed by atoms with E-state index in [-0.39, 0.29) is 11.9 Å². The van der Waals surface area contributed by atoms with Crippen molar-refractivity contribution in [1.29, 1.82) is 0 Å². The first-order chi connectivity index (χ1) is 10.8. The lowest BCUT2D eigenvalue weighted by Gasteiger charge is -2.23. The van der Waals surface area contributed by atoms with Gasteiger partial charge in [0.05, 0.1) is 11.7 Å². The number of carbonyl (C=O) groups is 1. The summed E-state index contributed by atoms with van der Waals surface area (Å²) >= 11 is 0. The SMILES string of the molecule is O=C1c2ccccc2[C@H]2c3cccn3-c3ccccc3CN12. The van der Waals surface area contributed by atoms with Gasteiger partial charge in [0.2, 0.25) is 0 Å². The topological polar surface area (TPSA) is 25.2 Å². The number of nitrogens with zero attached hydrogens (tertiary/aromatic N) is 2. The van der Waals surface area contributed by atoms with Gasteiger partial charge in [0.1, 0.15) is 0 Å². The molecule has 1 aromatic heterocycles. The highest BCUT2D eigenvalue weighted by Crippen LogP contribution is 2.42. The monoisotopic (exact) mass is 286 g/mol. The van der Waals surface area contributed by atoms with Crippen molar-refractivity contribution in [1.82, 2.24) is 9.47 Å². The molecule has 2 aliphatic rings. The molecule has 2 aliphatic heterocycles. The van der Waals surface area contributed by atoms with Gasteiger partial charge < -0.3 is 9.47 Å². The number of carbonyl (C=O) groups excluding carboxylic acids is 1. The molecule has 3 aromatic rings. The molecule has 1 amide bonds. The lowest BCUT2D eigenvalue weighted by Crippen LogP contribution is -2.27. The minimum Gasteiger partial charge on any atom is -0.322 e. The summed E-state index contributed by atoms with van der Waals surface area (Å²) in [6.45, 7) is 0.649. The molecule has 1 atom stereocenters. The predicted octanol–water partition coefficient (Wildman–Crippen LogP) is 3.54. The van der Waals surface area contributed by atoms with Gasteiger partial charge in [-0.05, 0) is 35.4 Å². The van der Waals surface area contributed by atoms with Crippen molar-refractivity contribution in [3.05, 3.63) is 89.2 Å². The third kappa shape index (κ3) is 1.38. The molecule has 106 valence electrons. The van der Waals surface area contributed by atoms with E-state index in [9.17, 15) is 4.79 Å². The normalized spacial score (nSPS) is 18.3. The van der Waals surface area contributed by atoms with Crippen molar-refractivity contribution in [2.75, 3.05) is 0 Å². The van der Waals surface area contributed by atoms with Gasteiger partial charge in [0.15, 0.2) is 0 Å². The first-order valence-electron chi connectivity index (χ1n) is 7.50. The number of amides is 1. The van der Waals surface area contributed by atoms with Crippen LogP contribution in [0.1, 0.15) is 33.2 Å². The first-order valence-corrected chi connectivity index (χ1v) is 7.50. The fraction of sp³-hybridized carbons (Fsp3) is 0.105. The molecule has 0 spiro atoms. The third-order valence-electron chi connectivity index (χ3n) is 4.71. The standard InChI is InChI=1S/C19H14N2O/c22-19-15-8-3-2-7-14(15)18-17-10-5-11-20(17)16-9-4-1-6-13(16)12-21(18)19/h1-11,18H,12H2/t18-/m0/s1. The maximum Gasteiger partial charge on any atom is 0.255 e. The van der Waals surface area contributed by atoms with Crippen molar-refractivity contribution in [3.8, 4) is 5.69 Å². The lowest BCUT2D eigenvalue weighted by atomic mass is 10.0. The van der Waals surface area contributed by atoms with Crippen molar-refractivity contribution in [3.63, 3.8) is 0 Å². The van der Waals surface area contributed by atoms with Crippen molar-refractivity contribution in [2.45, 2.75) is 12.6 Å². The largest absolute Gasteiger partial charge is 0.322 e. The van der Waals surface area contributed by atoms with Gasteiger partial charge in [0, 0.05) is 24.0 Å². The van der Waals surface area contributed by atoms with Crippen molar-refractivity contribution in [2.24, 2.45) is 0 Å². The molecule has 0 fully saturated rings. The molecular formula is C19H14N2O. The zero-order valence-corrected chi connectivity index (χ0v) is 11.9. The summed E-state index contributed by atoms with van der Waals surface area (Å²) in [7, 11) is 0. The number of rotatable bonds is 0. The molecule has 3 nitrogen and oxygen atoms in total. The van der Waals surface area contributed by atoms with Crippen LogP contribution >= 0.6 is 0 Å². The molecule has 22 heavy (non-hydrogen) atoms. The van der Waals surface area contributed by atoms with Crippen LogP contribution in [-0.4, -0.2) is 15.4 Å². The summed E-state index contributed by atoms with van der Waals surface area (Å²) in [4.78, 5) is 14.8. The minimum absolute atomic E-state index is 0.00565. The zero-order valence-electron chi connectivity index (χ0n) is 11.9. The molecule has 0 unspecified atom stereocenters. The minimum atomic E-state index is 0.00565. The Morgan fingerprint density at radius 2 is 1.73 bits per heavy atom. The summed E-state index contributed by atoms with van der Waals surface area (Å²) in [6, 6.07) is 20.5. The van der Waals surface area contributed by atoms with Crippen LogP contribution in [0.2, 0.25) is 0 Å². The molecule has 0 radical (unpaired) electrons. The van der Waals surface area contributed by atoms with E-state index in [0.29, 0.717) is 6.54 Å². The zero-order chi connectivity index (χ0) is 14.7. The van der Waals surface area contributed by atoms with Crippen molar-refractivity contribution < 1.29 is 4.79 Å². The number of benzene rings is 2. The summed E-state index contributed by atoms with van der Waals surface area (Å²) in [6.07, 6.45) is 2.09. The molecular weight excluding hydrogens is 272 g/mol. The van der Waals surface area contributed by atoms with Crippen LogP contribution in [0.25, 0.3) is 5.69 Å². The maximum absolute atomic E-state index is 12.8. The molecule has 3 heterocycles. The van der Waals surface area contributed by atoms with Crippen LogP contribution in [0.3, 0.4) is 0 Å². The Kier molecular flexibility index (Phi) is 2.20. The van der Waals surface area contributed by atoms with Gasteiger partial charge in [-0.1, -0.05) is 36.4 Å². The van der Waals surface area contributed by atoms with E-state index in [1.807, 2.05) is 29.2 Å². The molecule has 0 N–H and O–H groups in total. The quantitative estimate of drug-likeness (QED) is 0.620. The summed E-state index contributed by atoms with van der Waals surface area (Å²) in [5.74, 6) is 0.130. The Balaban J connectivity index is 1.83. The molecule has 0 saturated heterocycles. The van der Waals surface area contributed by atoms with Gasteiger partial charge >= 0.3 is 0 Å². The average molecular weight is 286 g/mol. The smallest absolute Gasteiger partial charge is 0.255 e. The van der Waals surface area contributed by atoms with E-state index in [1.165, 1.54) is 11.3 Å². The summed E-state index contributed by atoms with van der Waals surface area (Å²) < 4.78 is 2.22. The van der Waals surface area contributed by atoms with Crippen LogP contribution in [0.15, 0.2) is 66.9 Å². The second-order valence-electron chi connectivity index (χ2n) is 5.85. The first kappa shape index (κ1) is 11.8. The summed E-state index contributed by atoms with van der Waals surface area (Å²) in [5, 5.41) is 0. The van der Waals surface area contributed by atoms with Gasteiger partial charge in [-0.2, -0.15) is 0 Å². The molecule has 0 aliphatic carbocycles. The number of para-hydroxylation sites is 1. The third-order valence-corrected chi connectivity index (χ3v) is 4.71. The lowest BCUT2D eigenvalue weighted by molar-refractivity contribution is 0.0736. The van der Waals surface area contributed by atoms with Crippen LogP contribution in [-0.2, 0) is 6.54 Å². The fourth-order valence-corrected chi connectivity index (χ4v) is 3.75. The average Bonchev–Trinajstić information content (AvgIpc) is 3.09. The van der Waals surface area contributed by atoms with Gasteiger partial charge in [-0.15, -0.1) is 0 Å². The van der Waals surface area contributed by atoms with Gasteiger partial charge in [0.25, 0.3) is 5.91 Å². The predicted molar refractivity (Wildman–Crippen MR) is 83.9 cm³/mol. The van der Waals surface area contributed by atoms with E-state index >= 15 is 0 Å². The Bertz CT molecular complexity index is 909. The highest BCUT2D eigenvalue weighted by atomic mass is 16.2.